The number of carbonyl (C=O) groups excluding carboxylic acids is 3. The summed E-state index contributed by atoms with van der Waals surface area (Å²) in [6.45, 7) is 4.95. The summed E-state index contributed by atoms with van der Waals surface area (Å²) in [7, 11) is 0. The van der Waals surface area contributed by atoms with Crippen molar-refractivity contribution in [3.8, 4) is 11.3 Å². The summed E-state index contributed by atoms with van der Waals surface area (Å²) in [5, 5.41) is 4.65. The molecule has 0 saturated carbocycles. The number of urea groups is 1. The van der Waals surface area contributed by atoms with Gasteiger partial charge in [-0.3, -0.25) is 14.9 Å². The van der Waals surface area contributed by atoms with E-state index in [0.29, 0.717) is 12.2 Å². The Morgan fingerprint density at radius 2 is 1.74 bits per heavy atom. The number of esters is 1. The fraction of sp³-hybridized carbons (Fsp3) is 0.350. The van der Waals surface area contributed by atoms with Crippen molar-refractivity contribution in [3.05, 3.63) is 48.2 Å². The summed E-state index contributed by atoms with van der Waals surface area (Å²) >= 11 is 0. The molecule has 0 unspecified atom stereocenters. The van der Waals surface area contributed by atoms with E-state index in [1.54, 1.807) is 13.8 Å². The molecule has 0 fully saturated rings. The highest BCUT2D eigenvalue weighted by Gasteiger charge is 2.20. The Morgan fingerprint density at radius 3 is 2.41 bits per heavy atom. The maximum Gasteiger partial charge on any atom is 0.321 e. The van der Waals surface area contributed by atoms with Gasteiger partial charge in [0.15, 0.2) is 6.10 Å². The average molecular weight is 372 g/mol. The smallest absolute Gasteiger partial charge is 0.321 e. The van der Waals surface area contributed by atoms with Crippen LogP contribution in [0.3, 0.4) is 0 Å². The Kier molecular flexibility index (Phi) is 7.16. The summed E-state index contributed by atoms with van der Waals surface area (Å²) in [5.74, 6) is 0.160. The largest absolute Gasteiger partial charge is 0.461 e. The van der Waals surface area contributed by atoms with Crippen LogP contribution in [-0.4, -0.2) is 30.1 Å². The van der Waals surface area contributed by atoms with Gasteiger partial charge in [-0.2, -0.15) is 0 Å². The first-order valence-corrected chi connectivity index (χ1v) is 8.80. The van der Waals surface area contributed by atoms with Crippen LogP contribution in [0.15, 0.2) is 46.9 Å². The van der Waals surface area contributed by atoms with E-state index in [1.807, 2.05) is 42.5 Å². The number of benzene rings is 1. The molecule has 2 N–H and O–H groups in total. The van der Waals surface area contributed by atoms with Crippen molar-refractivity contribution < 1.29 is 23.5 Å². The normalized spacial score (nSPS) is 11.7. The van der Waals surface area contributed by atoms with Gasteiger partial charge >= 0.3 is 12.0 Å². The number of rotatable bonds is 7. The van der Waals surface area contributed by atoms with Crippen LogP contribution < -0.4 is 10.6 Å². The van der Waals surface area contributed by atoms with Crippen molar-refractivity contribution in [2.75, 3.05) is 0 Å². The lowest BCUT2D eigenvalue weighted by atomic mass is 10.2. The van der Waals surface area contributed by atoms with E-state index in [4.69, 9.17) is 9.15 Å². The summed E-state index contributed by atoms with van der Waals surface area (Å²) in [6, 6.07) is 12.6. The van der Waals surface area contributed by atoms with Crippen LogP contribution in [0.25, 0.3) is 11.3 Å². The fourth-order valence-electron chi connectivity index (χ4n) is 2.32. The predicted molar refractivity (Wildman–Crippen MR) is 99.8 cm³/mol. The summed E-state index contributed by atoms with van der Waals surface area (Å²) in [4.78, 5) is 35.3. The Balaban J connectivity index is 1.78. The molecule has 1 atom stereocenters. The van der Waals surface area contributed by atoms with Crippen LogP contribution in [0.2, 0.25) is 0 Å². The minimum Gasteiger partial charge on any atom is -0.461 e. The summed E-state index contributed by atoms with van der Waals surface area (Å²) in [5.41, 5.74) is 0.955. The lowest BCUT2D eigenvalue weighted by molar-refractivity contribution is -0.154. The van der Waals surface area contributed by atoms with Gasteiger partial charge in [0.1, 0.15) is 11.5 Å². The third-order valence-corrected chi connectivity index (χ3v) is 3.63. The van der Waals surface area contributed by atoms with E-state index < -0.39 is 24.0 Å². The molecule has 2 rings (SSSR count). The number of imide groups is 1. The van der Waals surface area contributed by atoms with Crippen LogP contribution in [-0.2, 0) is 20.7 Å². The number of hydrogen-bond donors (Lipinski definition) is 2. The molecule has 2 aromatic rings. The minimum absolute atomic E-state index is 0.0670. The van der Waals surface area contributed by atoms with Gasteiger partial charge in [-0.05, 0) is 32.9 Å². The van der Waals surface area contributed by atoms with Crippen LogP contribution in [0, 0.1) is 0 Å². The van der Waals surface area contributed by atoms with Crippen molar-refractivity contribution in [2.24, 2.45) is 0 Å². The Bertz CT molecular complexity index is 783. The zero-order chi connectivity index (χ0) is 19.8. The molecule has 0 spiro atoms. The first kappa shape index (κ1) is 20.2. The number of nitrogens with one attached hydrogen (secondary N) is 2. The zero-order valence-electron chi connectivity index (χ0n) is 15.7. The van der Waals surface area contributed by atoms with Gasteiger partial charge in [-0.1, -0.05) is 30.3 Å². The topological polar surface area (TPSA) is 97.6 Å². The first-order valence-electron chi connectivity index (χ1n) is 8.80. The van der Waals surface area contributed by atoms with Gasteiger partial charge in [0.2, 0.25) is 0 Å². The third kappa shape index (κ3) is 6.62. The van der Waals surface area contributed by atoms with Crippen LogP contribution in [0.5, 0.6) is 0 Å². The Labute approximate surface area is 158 Å². The molecule has 0 bridgehead atoms. The number of furan rings is 1. The summed E-state index contributed by atoms with van der Waals surface area (Å²) in [6.07, 6.45) is -0.641. The van der Waals surface area contributed by atoms with E-state index in [0.717, 1.165) is 11.3 Å². The first-order chi connectivity index (χ1) is 12.8. The molecule has 7 heteroatoms. The lowest BCUT2D eigenvalue weighted by Gasteiger charge is -2.14. The zero-order valence-corrected chi connectivity index (χ0v) is 15.7. The van der Waals surface area contributed by atoms with Crippen molar-refractivity contribution in [3.63, 3.8) is 0 Å². The number of carbonyl (C=O) groups is 3. The SMILES string of the molecule is CC(C)NC(=O)NC(=O)[C@H](C)OC(=O)CCc1ccc(-c2ccccc2)o1. The second kappa shape index (κ2) is 9.56. The molecule has 0 aliphatic carbocycles. The molecule has 3 amide bonds. The van der Waals surface area contributed by atoms with E-state index in [9.17, 15) is 14.4 Å². The maximum absolute atomic E-state index is 11.9. The maximum atomic E-state index is 11.9. The van der Waals surface area contributed by atoms with Crippen molar-refractivity contribution in [2.45, 2.75) is 45.8 Å². The molecule has 1 heterocycles. The van der Waals surface area contributed by atoms with E-state index in [1.165, 1.54) is 6.92 Å². The number of ether oxygens (including phenoxy) is 1. The highest BCUT2D eigenvalue weighted by Crippen LogP contribution is 2.22. The van der Waals surface area contributed by atoms with Crippen LogP contribution >= 0.6 is 0 Å². The molecular weight excluding hydrogens is 348 g/mol. The van der Waals surface area contributed by atoms with Gasteiger partial charge in [-0.25, -0.2) is 4.79 Å². The van der Waals surface area contributed by atoms with E-state index in [2.05, 4.69) is 10.6 Å². The minimum atomic E-state index is -1.06. The quantitative estimate of drug-likeness (QED) is 0.728. The van der Waals surface area contributed by atoms with Gasteiger partial charge in [-0.15, -0.1) is 0 Å². The van der Waals surface area contributed by atoms with Gasteiger partial charge < -0.3 is 14.5 Å². The fourth-order valence-corrected chi connectivity index (χ4v) is 2.32. The number of hydrogen-bond acceptors (Lipinski definition) is 5. The van der Waals surface area contributed by atoms with Gasteiger partial charge in [0.05, 0.1) is 6.42 Å². The molecule has 0 aliphatic rings. The van der Waals surface area contributed by atoms with Crippen molar-refractivity contribution >= 4 is 17.9 Å². The molecule has 144 valence electrons. The number of amides is 3. The van der Waals surface area contributed by atoms with Gasteiger partial charge in [0.25, 0.3) is 5.91 Å². The molecule has 0 saturated heterocycles. The predicted octanol–water partition coefficient (Wildman–Crippen LogP) is 3.05. The Morgan fingerprint density at radius 1 is 1.04 bits per heavy atom. The van der Waals surface area contributed by atoms with Gasteiger partial charge in [0, 0.05) is 18.0 Å². The van der Waals surface area contributed by atoms with E-state index >= 15 is 0 Å². The highest BCUT2D eigenvalue weighted by atomic mass is 16.5. The standard InChI is InChI=1S/C20H24N2O5/c1-13(2)21-20(25)22-19(24)14(3)26-18(23)12-10-16-9-11-17(27-16)15-7-5-4-6-8-15/h4-9,11,13-14H,10,12H2,1-3H3,(H2,21,22,24,25)/t14-/m0/s1. The average Bonchev–Trinajstić information content (AvgIpc) is 3.09. The number of aryl methyl sites for hydroxylation is 1. The molecule has 0 aliphatic heterocycles. The van der Waals surface area contributed by atoms with E-state index in [-0.39, 0.29) is 12.5 Å². The van der Waals surface area contributed by atoms with Crippen LogP contribution in [0.1, 0.15) is 33.0 Å². The second-order valence-electron chi connectivity index (χ2n) is 6.38. The lowest BCUT2D eigenvalue weighted by Crippen LogP contribution is -2.46. The molecule has 1 aromatic carbocycles. The van der Waals surface area contributed by atoms with Crippen molar-refractivity contribution in [1.29, 1.82) is 0 Å². The molecular formula is C20H24N2O5. The second-order valence-corrected chi connectivity index (χ2v) is 6.38. The highest BCUT2D eigenvalue weighted by molar-refractivity contribution is 5.97. The molecule has 27 heavy (non-hydrogen) atoms. The molecule has 7 nitrogen and oxygen atoms in total. The van der Waals surface area contributed by atoms with Crippen LogP contribution in [0.4, 0.5) is 4.79 Å². The van der Waals surface area contributed by atoms with Crippen molar-refractivity contribution in [1.82, 2.24) is 10.6 Å². The summed E-state index contributed by atoms with van der Waals surface area (Å²) < 4.78 is 10.8. The molecule has 0 radical (unpaired) electrons. The third-order valence-electron chi connectivity index (χ3n) is 3.63. The Hall–Kier alpha value is -3.09. The monoisotopic (exact) mass is 372 g/mol. The molecule has 1 aromatic heterocycles.